The minimum Gasteiger partial charge on any atom is -0.493 e. The van der Waals surface area contributed by atoms with Crippen LogP contribution in [0, 0.1) is 12.3 Å². The van der Waals surface area contributed by atoms with Gasteiger partial charge in [0.25, 0.3) is 0 Å². The third-order valence-electron chi connectivity index (χ3n) is 2.51. The summed E-state index contributed by atoms with van der Waals surface area (Å²) in [5.74, 6) is 4.25. The molecule has 0 aromatic heterocycles. The van der Waals surface area contributed by atoms with E-state index in [1.54, 1.807) is 0 Å². The molecule has 72 valence electrons. The van der Waals surface area contributed by atoms with Gasteiger partial charge < -0.3 is 4.74 Å². The van der Waals surface area contributed by atoms with Crippen molar-refractivity contribution in [3.63, 3.8) is 0 Å². The average molecular weight is 186 g/mol. The summed E-state index contributed by atoms with van der Waals surface area (Å²) >= 11 is 0. The molecule has 0 N–H and O–H groups in total. The zero-order valence-electron chi connectivity index (χ0n) is 8.42. The van der Waals surface area contributed by atoms with Crippen LogP contribution in [0.2, 0.25) is 0 Å². The zero-order chi connectivity index (χ0) is 9.97. The van der Waals surface area contributed by atoms with E-state index in [0.29, 0.717) is 6.61 Å². The lowest BCUT2D eigenvalue weighted by Crippen LogP contribution is -1.95. The van der Waals surface area contributed by atoms with Gasteiger partial charge in [0, 0.05) is 0 Å². The predicted octanol–water partition coefficient (Wildman–Crippen LogP) is 2.94. The summed E-state index contributed by atoms with van der Waals surface area (Å²) in [7, 11) is 0. The average Bonchev–Trinajstić information content (AvgIpc) is 3.01. The standard InChI is InChI=1S/C13H14O/c1-3-10-5-8-12(11-6-7-11)9-13(10)14-4-2/h1,5,8-9,11H,4,6-7H2,2H3. The van der Waals surface area contributed by atoms with Gasteiger partial charge >= 0.3 is 0 Å². The number of benzene rings is 1. The molecule has 1 nitrogen and oxygen atoms in total. The van der Waals surface area contributed by atoms with Crippen LogP contribution in [0.25, 0.3) is 0 Å². The maximum absolute atomic E-state index is 5.50. The first kappa shape index (κ1) is 9.15. The molecule has 0 aliphatic heterocycles. The second kappa shape index (κ2) is 3.75. The molecule has 1 aliphatic carbocycles. The van der Waals surface area contributed by atoms with Crippen LogP contribution in [0.1, 0.15) is 36.8 Å². The fraction of sp³-hybridized carbons (Fsp3) is 0.385. The van der Waals surface area contributed by atoms with Crippen LogP contribution < -0.4 is 4.74 Å². The Morgan fingerprint density at radius 2 is 2.29 bits per heavy atom. The van der Waals surface area contributed by atoms with Crippen molar-refractivity contribution in [1.82, 2.24) is 0 Å². The number of ether oxygens (including phenoxy) is 1. The lowest BCUT2D eigenvalue weighted by atomic mass is 10.1. The van der Waals surface area contributed by atoms with Crippen LogP contribution in [0.4, 0.5) is 0 Å². The molecule has 1 heteroatoms. The summed E-state index contributed by atoms with van der Waals surface area (Å²) in [6.07, 6.45) is 8.01. The van der Waals surface area contributed by atoms with Crippen LogP contribution >= 0.6 is 0 Å². The molecule has 1 fully saturated rings. The van der Waals surface area contributed by atoms with E-state index in [2.05, 4.69) is 18.1 Å². The third-order valence-corrected chi connectivity index (χ3v) is 2.51. The SMILES string of the molecule is C#Cc1ccc(C2CC2)cc1OCC. The number of rotatable bonds is 3. The van der Waals surface area contributed by atoms with E-state index < -0.39 is 0 Å². The molecule has 0 amide bonds. The maximum atomic E-state index is 5.50. The summed E-state index contributed by atoms with van der Waals surface area (Å²) in [5.41, 5.74) is 2.23. The highest BCUT2D eigenvalue weighted by Crippen LogP contribution is 2.41. The molecule has 0 heterocycles. The molecule has 2 rings (SSSR count). The Labute approximate surface area is 85.1 Å². The molecule has 0 bridgehead atoms. The Kier molecular flexibility index (Phi) is 2.45. The molecule has 0 atom stereocenters. The molecular formula is C13H14O. The normalized spacial score (nSPS) is 14.9. The number of hydrogen-bond acceptors (Lipinski definition) is 1. The molecule has 1 aromatic carbocycles. The second-order valence-corrected chi connectivity index (χ2v) is 3.61. The summed E-state index contributed by atoms with van der Waals surface area (Å²) < 4.78 is 5.50. The minimum atomic E-state index is 0.669. The summed E-state index contributed by atoms with van der Waals surface area (Å²) in [6.45, 7) is 2.65. The van der Waals surface area contributed by atoms with Gasteiger partial charge in [-0.1, -0.05) is 12.0 Å². The Bertz CT molecular complexity index is 369. The fourth-order valence-corrected chi connectivity index (χ4v) is 1.60. The van der Waals surface area contributed by atoms with Crippen LogP contribution in [-0.4, -0.2) is 6.61 Å². The molecule has 0 radical (unpaired) electrons. The summed E-state index contributed by atoms with van der Waals surface area (Å²) in [5, 5.41) is 0. The first-order chi connectivity index (χ1) is 6.85. The molecule has 1 aromatic rings. The lowest BCUT2D eigenvalue weighted by Gasteiger charge is -2.07. The van der Waals surface area contributed by atoms with Crippen molar-refractivity contribution in [3.05, 3.63) is 29.3 Å². The van der Waals surface area contributed by atoms with Crippen molar-refractivity contribution < 1.29 is 4.74 Å². The van der Waals surface area contributed by atoms with Crippen LogP contribution in [0.3, 0.4) is 0 Å². The van der Waals surface area contributed by atoms with Crippen LogP contribution in [0.5, 0.6) is 5.75 Å². The van der Waals surface area contributed by atoms with Crippen LogP contribution in [0.15, 0.2) is 18.2 Å². The van der Waals surface area contributed by atoms with Gasteiger partial charge in [0.15, 0.2) is 0 Å². The summed E-state index contributed by atoms with van der Waals surface area (Å²) in [4.78, 5) is 0. The Morgan fingerprint density at radius 3 is 2.86 bits per heavy atom. The van der Waals surface area contributed by atoms with E-state index >= 15 is 0 Å². The smallest absolute Gasteiger partial charge is 0.135 e. The van der Waals surface area contributed by atoms with Crippen molar-refractivity contribution in [2.45, 2.75) is 25.7 Å². The highest BCUT2D eigenvalue weighted by molar-refractivity contribution is 5.48. The van der Waals surface area contributed by atoms with Gasteiger partial charge in [-0.3, -0.25) is 0 Å². The predicted molar refractivity (Wildman–Crippen MR) is 57.5 cm³/mol. The molecular weight excluding hydrogens is 172 g/mol. The maximum Gasteiger partial charge on any atom is 0.135 e. The van der Waals surface area contributed by atoms with E-state index in [4.69, 9.17) is 11.2 Å². The Balaban J connectivity index is 2.31. The van der Waals surface area contributed by atoms with Gasteiger partial charge in [0.2, 0.25) is 0 Å². The highest BCUT2D eigenvalue weighted by Gasteiger charge is 2.24. The van der Waals surface area contributed by atoms with E-state index in [1.165, 1.54) is 18.4 Å². The van der Waals surface area contributed by atoms with E-state index in [9.17, 15) is 0 Å². The summed E-state index contributed by atoms with van der Waals surface area (Å²) in [6, 6.07) is 6.20. The second-order valence-electron chi connectivity index (χ2n) is 3.61. The van der Waals surface area contributed by atoms with E-state index in [1.807, 2.05) is 13.0 Å². The van der Waals surface area contributed by atoms with Gasteiger partial charge in [-0.2, -0.15) is 0 Å². The van der Waals surface area contributed by atoms with Gasteiger partial charge in [0.05, 0.1) is 12.2 Å². The molecule has 1 aliphatic rings. The molecule has 0 saturated heterocycles. The number of terminal acetylenes is 1. The first-order valence-electron chi connectivity index (χ1n) is 5.08. The first-order valence-corrected chi connectivity index (χ1v) is 5.08. The third kappa shape index (κ3) is 1.75. The van der Waals surface area contributed by atoms with Gasteiger partial charge in [-0.25, -0.2) is 0 Å². The fourth-order valence-electron chi connectivity index (χ4n) is 1.60. The molecule has 14 heavy (non-hydrogen) atoms. The lowest BCUT2D eigenvalue weighted by molar-refractivity contribution is 0.339. The van der Waals surface area contributed by atoms with Gasteiger partial charge in [-0.15, -0.1) is 6.42 Å². The highest BCUT2D eigenvalue weighted by atomic mass is 16.5. The van der Waals surface area contributed by atoms with Crippen molar-refractivity contribution in [1.29, 1.82) is 0 Å². The van der Waals surface area contributed by atoms with Crippen molar-refractivity contribution in [2.24, 2.45) is 0 Å². The molecule has 1 saturated carbocycles. The topological polar surface area (TPSA) is 9.23 Å². The quantitative estimate of drug-likeness (QED) is 0.659. The Hall–Kier alpha value is -1.42. The minimum absolute atomic E-state index is 0.669. The molecule has 0 spiro atoms. The van der Waals surface area contributed by atoms with Crippen LogP contribution in [-0.2, 0) is 0 Å². The van der Waals surface area contributed by atoms with E-state index in [-0.39, 0.29) is 0 Å². The van der Waals surface area contributed by atoms with Crippen molar-refractivity contribution >= 4 is 0 Å². The largest absolute Gasteiger partial charge is 0.493 e. The van der Waals surface area contributed by atoms with Crippen molar-refractivity contribution in [3.8, 4) is 18.1 Å². The number of hydrogen-bond donors (Lipinski definition) is 0. The van der Waals surface area contributed by atoms with E-state index in [0.717, 1.165) is 17.2 Å². The zero-order valence-corrected chi connectivity index (χ0v) is 8.42. The Morgan fingerprint density at radius 1 is 1.50 bits per heavy atom. The van der Waals surface area contributed by atoms with Gasteiger partial charge in [0.1, 0.15) is 5.75 Å². The van der Waals surface area contributed by atoms with Gasteiger partial charge in [-0.05, 0) is 43.4 Å². The van der Waals surface area contributed by atoms with Crippen molar-refractivity contribution in [2.75, 3.05) is 6.61 Å². The molecule has 0 unspecified atom stereocenters. The monoisotopic (exact) mass is 186 g/mol.